The molecule has 4 rings (SSSR count). The van der Waals surface area contributed by atoms with Crippen molar-refractivity contribution in [2.75, 3.05) is 0 Å². The lowest BCUT2D eigenvalue weighted by Gasteiger charge is -2.13. The molecule has 0 bridgehead atoms. The summed E-state index contributed by atoms with van der Waals surface area (Å²) in [6, 6.07) is 17.8. The van der Waals surface area contributed by atoms with Crippen molar-refractivity contribution in [3.05, 3.63) is 89.0 Å². The van der Waals surface area contributed by atoms with E-state index in [1.807, 2.05) is 72.4 Å². The second-order valence-corrected chi connectivity index (χ2v) is 6.75. The van der Waals surface area contributed by atoms with Crippen LogP contribution >= 0.6 is 24.0 Å². The van der Waals surface area contributed by atoms with E-state index in [4.69, 9.17) is 16.3 Å². The van der Waals surface area contributed by atoms with Gasteiger partial charge in [-0.1, -0.05) is 41.9 Å². The first kappa shape index (κ1) is 20.0. The molecule has 4 aromatic rings. The maximum Gasteiger partial charge on any atom is 0.124 e. The molecule has 0 spiro atoms. The number of ether oxygens (including phenoxy) is 1. The van der Waals surface area contributed by atoms with Crippen LogP contribution in [-0.2, 0) is 13.2 Å². The molecule has 2 aromatic carbocycles. The van der Waals surface area contributed by atoms with Crippen LogP contribution in [0, 0.1) is 6.92 Å². The number of hydrogen-bond donors (Lipinski definition) is 1. The van der Waals surface area contributed by atoms with Crippen LogP contribution in [0.1, 0.15) is 16.8 Å². The second-order valence-electron chi connectivity index (χ2n) is 6.31. The summed E-state index contributed by atoms with van der Waals surface area (Å²) in [6.07, 6.45) is 3.48. The molecule has 0 aliphatic heterocycles. The van der Waals surface area contributed by atoms with Crippen LogP contribution < -0.4 is 4.74 Å². The van der Waals surface area contributed by atoms with E-state index >= 15 is 0 Å². The fourth-order valence-corrected chi connectivity index (χ4v) is 3.10. The summed E-state index contributed by atoms with van der Waals surface area (Å²) in [6.45, 7) is 3.10. The minimum atomic E-state index is 0. The van der Waals surface area contributed by atoms with Crippen molar-refractivity contribution < 1.29 is 4.74 Å². The van der Waals surface area contributed by atoms with E-state index in [0.29, 0.717) is 18.2 Å². The van der Waals surface area contributed by atoms with Crippen molar-refractivity contribution in [2.45, 2.75) is 20.1 Å². The Morgan fingerprint density at radius 1 is 1.07 bits per heavy atom. The van der Waals surface area contributed by atoms with E-state index in [9.17, 15) is 0 Å². The molecular weight excluding hydrogens is 395 g/mol. The van der Waals surface area contributed by atoms with Crippen molar-refractivity contribution in [1.82, 2.24) is 19.7 Å². The zero-order valence-electron chi connectivity index (χ0n) is 15.3. The second kappa shape index (κ2) is 8.95. The normalized spacial score (nSPS) is 10.5. The number of nitrogens with zero attached hydrogens (tertiary/aromatic N) is 3. The molecule has 2 heterocycles. The van der Waals surface area contributed by atoms with Crippen LogP contribution in [-0.4, -0.2) is 19.7 Å². The summed E-state index contributed by atoms with van der Waals surface area (Å²) in [5, 5.41) is 5.35. The average Bonchev–Trinajstić information content (AvgIpc) is 3.32. The van der Waals surface area contributed by atoms with Gasteiger partial charge in [-0.25, -0.2) is 4.98 Å². The largest absolute Gasteiger partial charge is 0.489 e. The quantitative estimate of drug-likeness (QED) is 0.466. The first-order valence-electron chi connectivity index (χ1n) is 8.68. The van der Waals surface area contributed by atoms with Crippen molar-refractivity contribution in [1.29, 1.82) is 0 Å². The molecule has 0 amide bonds. The number of rotatable bonds is 6. The summed E-state index contributed by atoms with van der Waals surface area (Å²) in [7, 11) is 0. The summed E-state index contributed by atoms with van der Waals surface area (Å²) < 4.78 is 7.99. The van der Waals surface area contributed by atoms with Gasteiger partial charge in [-0.3, -0.25) is 4.68 Å². The van der Waals surface area contributed by atoms with Gasteiger partial charge in [0.2, 0.25) is 0 Å². The lowest BCUT2D eigenvalue weighted by molar-refractivity contribution is 0.302. The van der Waals surface area contributed by atoms with Crippen LogP contribution in [0.4, 0.5) is 0 Å². The monoisotopic (exact) mass is 414 g/mol. The molecule has 7 heteroatoms. The van der Waals surface area contributed by atoms with Crippen molar-refractivity contribution in [3.63, 3.8) is 0 Å². The molecule has 0 unspecified atom stereocenters. The Labute approximate surface area is 174 Å². The van der Waals surface area contributed by atoms with Crippen LogP contribution in [0.15, 0.2) is 67.1 Å². The minimum Gasteiger partial charge on any atom is -0.489 e. The van der Waals surface area contributed by atoms with Gasteiger partial charge in [0.25, 0.3) is 0 Å². The van der Waals surface area contributed by atoms with Gasteiger partial charge in [0.15, 0.2) is 0 Å². The van der Waals surface area contributed by atoms with E-state index < -0.39 is 0 Å². The van der Waals surface area contributed by atoms with Gasteiger partial charge in [0.1, 0.15) is 23.7 Å². The zero-order chi connectivity index (χ0) is 18.6. The van der Waals surface area contributed by atoms with Crippen LogP contribution in [0.5, 0.6) is 5.75 Å². The predicted molar refractivity (Wildman–Crippen MR) is 113 cm³/mol. The fraction of sp³-hybridized carbons (Fsp3) is 0.143. The Morgan fingerprint density at radius 2 is 1.89 bits per heavy atom. The molecule has 28 heavy (non-hydrogen) atoms. The highest BCUT2D eigenvalue weighted by molar-refractivity contribution is 6.30. The van der Waals surface area contributed by atoms with Crippen LogP contribution in [0.25, 0.3) is 11.4 Å². The van der Waals surface area contributed by atoms with E-state index in [0.717, 1.165) is 34.0 Å². The molecule has 1 N–H and O–H groups in total. The number of aryl methyl sites for hydroxylation is 1. The molecule has 0 saturated heterocycles. The first-order valence-corrected chi connectivity index (χ1v) is 9.05. The van der Waals surface area contributed by atoms with Gasteiger partial charge in [0, 0.05) is 22.5 Å². The Balaban J connectivity index is 0.00000225. The zero-order valence-corrected chi connectivity index (χ0v) is 16.9. The highest BCUT2D eigenvalue weighted by Gasteiger charge is 2.12. The summed E-state index contributed by atoms with van der Waals surface area (Å²) in [5.74, 6) is 0.805. The van der Waals surface area contributed by atoms with Gasteiger partial charge in [-0.15, -0.1) is 12.4 Å². The summed E-state index contributed by atoms with van der Waals surface area (Å²) in [5.41, 5.74) is 4.81. The molecule has 2 aromatic heterocycles. The third-order valence-electron chi connectivity index (χ3n) is 4.32. The lowest BCUT2D eigenvalue weighted by atomic mass is 10.2. The van der Waals surface area contributed by atoms with Gasteiger partial charge in [-0.05, 0) is 36.8 Å². The number of benzene rings is 2. The van der Waals surface area contributed by atoms with Crippen LogP contribution in [0.3, 0.4) is 0 Å². The van der Waals surface area contributed by atoms with Crippen molar-refractivity contribution >= 4 is 24.0 Å². The van der Waals surface area contributed by atoms with E-state index in [1.54, 1.807) is 6.33 Å². The molecule has 0 fully saturated rings. The molecule has 0 radical (unpaired) electrons. The molecule has 0 atom stereocenters. The Kier molecular flexibility index (Phi) is 6.39. The van der Waals surface area contributed by atoms with Gasteiger partial charge in [-0.2, -0.15) is 5.10 Å². The highest BCUT2D eigenvalue weighted by atomic mass is 35.5. The standard InChI is InChI=1S/C21H19ClN4O.ClH/c1-15-9-19(20-11-23-14-24-20)25-26(15)12-17-10-18(22)7-8-21(17)27-13-16-5-3-2-4-6-16;/h2-11,14H,12-13H2,1H3,(H,23,24);1H. The van der Waals surface area contributed by atoms with Gasteiger partial charge < -0.3 is 9.72 Å². The third-order valence-corrected chi connectivity index (χ3v) is 4.56. The minimum absolute atomic E-state index is 0. The number of hydrogen-bond acceptors (Lipinski definition) is 3. The number of H-pyrrole nitrogens is 1. The number of nitrogens with one attached hydrogen (secondary N) is 1. The van der Waals surface area contributed by atoms with E-state index in [1.165, 1.54) is 0 Å². The SMILES string of the molecule is Cc1cc(-c2c[nH]cn2)nn1Cc1cc(Cl)ccc1OCc1ccccc1.Cl. The smallest absolute Gasteiger partial charge is 0.124 e. The lowest BCUT2D eigenvalue weighted by Crippen LogP contribution is -2.06. The number of aromatic amines is 1. The van der Waals surface area contributed by atoms with Gasteiger partial charge >= 0.3 is 0 Å². The maximum atomic E-state index is 6.23. The third kappa shape index (κ3) is 4.55. The molecule has 0 aliphatic rings. The topological polar surface area (TPSA) is 55.7 Å². The molecule has 5 nitrogen and oxygen atoms in total. The molecule has 0 aliphatic carbocycles. The number of halogens is 2. The number of aromatic nitrogens is 4. The van der Waals surface area contributed by atoms with E-state index in [-0.39, 0.29) is 12.4 Å². The van der Waals surface area contributed by atoms with Crippen molar-refractivity contribution in [2.24, 2.45) is 0 Å². The summed E-state index contributed by atoms with van der Waals surface area (Å²) in [4.78, 5) is 7.22. The first-order chi connectivity index (χ1) is 13.2. The average molecular weight is 415 g/mol. The maximum absolute atomic E-state index is 6.23. The Hall–Kier alpha value is -2.76. The number of imidazole rings is 1. The summed E-state index contributed by atoms with van der Waals surface area (Å²) >= 11 is 6.23. The van der Waals surface area contributed by atoms with E-state index in [2.05, 4.69) is 15.1 Å². The van der Waals surface area contributed by atoms with Crippen molar-refractivity contribution in [3.8, 4) is 17.1 Å². The Morgan fingerprint density at radius 3 is 2.64 bits per heavy atom. The Bertz CT molecular complexity index is 1030. The molecule has 144 valence electrons. The predicted octanol–water partition coefficient (Wildman–Crippen LogP) is 5.28. The molecular formula is C21H20Cl2N4O. The molecule has 0 saturated carbocycles. The van der Waals surface area contributed by atoms with Crippen LogP contribution in [0.2, 0.25) is 5.02 Å². The fourth-order valence-electron chi connectivity index (χ4n) is 2.90. The highest BCUT2D eigenvalue weighted by Crippen LogP contribution is 2.26. The van der Waals surface area contributed by atoms with Gasteiger partial charge in [0.05, 0.1) is 12.9 Å².